The number of carbonyl (C=O) groups excluding carboxylic acids is 1. The van der Waals surface area contributed by atoms with E-state index in [0.717, 1.165) is 17.7 Å². The lowest BCUT2D eigenvalue weighted by molar-refractivity contribution is -0.115. The average Bonchev–Trinajstić information content (AvgIpc) is 2.36. The van der Waals surface area contributed by atoms with Gasteiger partial charge in [0, 0.05) is 12.1 Å². The van der Waals surface area contributed by atoms with Gasteiger partial charge in [-0.05, 0) is 37.1 Å². The number of aliphatic hydroxyl groups excluding tert-OH is 1. The van der Waals surface area contributed by atoms with Crippen molar-refractivity contribution < 1.29 is 9.90 Å². The van der Waals surface area contributed by atoms with E-state index in [9.17, 15) is 9.90 Å². The molecule has 0 aliphatic heterocycles. The number of nitrogens with one attached hydrogen (secondary N) is 1. The Morgan fingerprint density at radius 2 is 2.06 bits per heavy atom. The molecule has 0 fully saturated rings. The van der Waals surface area contributed by atoms with Crippen LogP contribution in [-0.4, -0.2) is 17.6 Å². The first-order valence-corrected chi connectivity index (χ1v) is 5.95. The quantitative estimate of drug-likeness (QED) is 0.705. The van der Waals surface area contributed by atoms with Crippen molar-refractivity contribution in [1.29, 1.82) is 0 Å². The molecule has 17 heavy (non-hydrogen) atoms. The van der Waals surface area contributed by atoms with E-state index in [2.05, 4.69) is 5.32 Å². The fourth-order valence-corrected chi connectivity index (χ4v) is 1.52. The summed E-state index contributed by atoms with van der Waals surface area (Å²) in [6, 6.07) is 7.25. The maximum absolute atomic E-state index is 11.2. The van der Waals surface area contributed by atoms with Gasteiger partial charge in [0.15, 0.2) is 0 Å². The van der Waals surface area contributed by atoms with Crippen molar-refractivity contribution in [3.63, 3.8) is 0 Å². The lowest BCUT2D eigenvalue weighted by Gasteiger charge is -2.11. The van der Waals surface area contributed by atoms with Crippen LogP contribution in [0.5, 0.6) is 0 Å². The van der Waals surface area contributed by atoms with Crippen LogP contribution in [0, 0.1) is 0 Å². The molecule has 1 aromatic carbocycles. The standard InChI is InChI=1S/C13H20N2O2/c1-2-13(17)15-11-7-5-10(6-8-11)12(16)4-3-9-14/h5-8,12,16H,2-4,9,14H2,1H3,(H,15,17). The van der Waals surface area contributed by atoms with Crippen molar-refractivity contribution in [1.82, 2.24) is 0 Å². The first-order chi connectivity index (χ1) is 8.17. The second kappa shape index (κ2) is 7.04. The van der Waals surface area contributed by atoms with Gasteiger partial charge in [-0.1, -0.05) is 19.1 Å². The molecule has 0 aromatic heterocycles. The van der Waals surface area contributed by atoms with Gasteiger partial charge in [-0.25, -0.2) is 0 Å². The summed E-state index contributed by atoms with van der Waals surface area (Å²) in [7, 11) is 0. The Morgan fingerprint density at radius 3 is 2.59 bits per heavy atom. The van der Waals surface area contributed by atoms with Gasteiger partial charge in [0.25, 0.3) is 0 Å². The maximum atomic E-state index is 11.2. The third-order valence-corrected chi connectivity index (χ3v) is 2.58. The van der Waals surface area contributed by atoms with Crippen LogP contribution < -0.4 is 11.1 Å². The Hall–Kier alpha value is -1.39. The molecule has 4 nitrogen and oxygen atoms in total. The molecular weight excluding hydrogens is 216 g/mol. The minimum absolute atomic E-state index is 0.0126. The molecule has 4 heteroatoms. The summed E-state index contributed by atoms with van der Waals surface area (Å²) in [4.78, 5) is 11.2. The van der Waals surface area contributed by atoms with Crippen LogP contribution in [0.15, 0.2) is 24.3 Å². The average molecular weight is 236 g/mol. The predicted molar refractivity (Wildman–Crippen MR) is 68.6 cm³/mol. The van der Waals surface area contributed by atoms with Gasteiger partial charge in [-0.3, -0.25) is 4.79 Å². The molecule has 1 atom stereocenters. The second-order valence-corrected chi connectivity index (χ2v) is 3.97. The molecular formula is C13H20N2O2. The van der Waals surface area contributed by atoms with E-state index >= 15 is 0 Å². The summed E-state index contributed by atoms with van der Waals surface area (Å²) < 4.78 is 0. The molecule has 0 spiro atoms. The van der Waals surface area contributed by atoms with Crippen LogP contribution >= 0.6 is 0 Å². The largest absolute Gasteiger partial charge is 0.388 e. The summed E-state index contributed by atoms with van der Waals surface area (Å²) >= 11 is 0. The molecule has 1 unspecified atom stereocenters. The van der Waals surface area contributed by atoms with E-state index in [1.54, 1.807) is 19.1 Å². The second-order valence-electron chi connectivity index (χ2n) is 3.97. The van der Waals surface area contributed by atoms with Crippen molar-refractivity contribution in [2.24, 2.45) is 5.73 Å². The van der Waals surface area contributed by atoms with Gasteiger partial charge < -0.3 is 16.2 Å². The van der Waals surface area contributed by atoms with Crippen molar-refractivity contribution in [2.45, 2.75) is 32.3 Å². The van der Waals surface area contributed by atoms with Crippen LogP contribution in [0.4, 0.5) is 5.69 Å². The van der Waals surface area contributed by atoms with Crippen molar-refractivity contribution in [3.8, 4) is 0 Å². The number of rotatable bonds is 6. The van der Waals surface area contributed by atoms with Crippen LogP contribution in [0.25, 0.3) is 0 Å². The number of aliphatic hydroxyl groups is 1. The molecule has 0 aliphatic carbocycles. The summed E-state index contributed by atoms with van der Waals surface area (Å²) in [5, 5.41) is 12.6. The van der Waals surface area contributed by atoms with E-state index in [4.69, 9.17) is 5.73 Å². The zero-order valence-electron chi connectivity index (χ0n) is 10.1. The molecule has 0 saturated heterocycles. The Morgan fingerprint density at radius 1 is 1.41 bits per heavy atom. The Balaban J connectivity index is 2.57. The summed E-state index contributed by atoms with van der Waals surface area (Å²) in [5.74, 6) is -0.0126. The summed E-state index contributed by atoms with van der Waals surface area (Å²) in [6.07, 6.45) is 1.45. The fourth-order valence-electron chi connectivity index (χ4n) is 1.52. The molecule has 0 bridgehead atoms. The number of carbonyl (C=O) groups is 1. The van der Waals surface area contributed by atoms with Gasteiger partial charge in [-0.2, -0.15) is 0 Å². The number of anilines is 1. The molecule has 1 amide bonds. The lowest BCUT2D eigenvalue weighted by Crippen LogP contribution is -2.09. The van der Waals surface area contributed by atoms with Gasteiger partial charge in [0.2, 0.25) is 5.91 Å². The highest BCUT2D eigenvalue weighted by Crippen LogP contribution is 2.20. The molecule has 1 rings (SSSR count). The summed E-state index contributed by atoms with van der Waals surface area (Å²) in [5.41, 5.74) is 7.00. The van der Waals surface area contributed by atoms with Crippen LogP contribution in [0.2, 0.25) is 0 Å². The normalized spacial score (nSPS) is 12.2. The smallest absolute Gasteiger partial charge is 0.224 e. The van der Waals surface area contributed by atoms with E-state index < -0.39 is 6.10 Å². The Kier molecular flexibility index (Phi) is 5.66. The predicted octanol–water partition coefficient (Wildman–Crippen LogP) is 1.81. The number of nitrogens with two attached hydrogens (primary N) is 1. The highest BCUT2D eigenvalue weighted by molar-refractivity contribution is 5.90. The minimum atomic E-state index is -0.477. The molecule has 0 heterocycles. The minimum Gasteiger partial charge on any atom is -0.388 e. The SMILES string of the molecule is CCC(=O)Nc1ccc(C(O)CCCN)cc1. The van der Waals surface area contributed by atoms with E-state index in [1.807, 2.05) is 12.1 Å². The highest BCUT2D eigenvalue weighted by Gasteiger charge is 2.07. The van der Waals surface area contributed by atoms with Gasteiger partial charge in [0.05, 0.1) is 6.10 Å². The number of hydrogen-bond acceptors (Lipinski definition) is 3. The van der Waals surface area contributed by atoms with Gasteiger partial charge in [-0.15, -0.1) is 0 Å². The maximum Gasteiger partial charge on any atom is 0.224 e. The number of benzene rings is 1. The van der Waals surface area contributed by atoms with E-state index in [0.29, 0.717) is 19.4 Å². The van der Waals surface area contributed by atoms with Crippen LogP contribution in [0.3, 0.4) is 0 Å². The number of amides is 1. The van der Waals surface area contributed by atoms with Crippen LogP contribution in [-0.2, 0) is 4.79 Å². The molecule has 1 aromatic rings. The van der Waals surface area contributed by atoms with Crippen molar-refractivity contribution in [2.75, 3.05) is 11.9 Å². The monoisotopic (exact) mass is 236 g/mol. The fraction of sp³-hybridized carbons (Fsp3) is 0.462. The number of hydrogen-bond donors (Lipinski definition) is 3. The molecule has 0 saturated carbocycles. The van der Waals surface area contributed by atoms with E-state index in [1.165, 1.54) is 0 Å². The van der Waals surface area contributed by atoms with Gasteiger partial charge >= 0.3 is 0 Å². The van der Waals surface area contributed by atoms with Crippen molar-refractivity contribution in [3.05, 3.63) is 29.8 Å². The van der Waals surface area contributed by atoms with Crippen molar-refractivity contribution >= 4 is 11.6 Å². The topological polar surface area (TPSA) is 75.3 Å². The molecule has 94 valence electrons. The summed E-state index contributed by atoms with van der Waals surface area (Å²) in [6.45, 7) is 2.39. The Labute approximate surface area is 102 Å². The van der Waals surface area contributed by atoms with Gasteiger partial charge in [0.1, 0.15) is 0 Å². The third-order valence-electron chi connectivity index (χ3n) is 2.58. The third kappa shape index (κ3) is 4.54. The lowest BCUT2D eigenvalue weighted by atomic mass is 10.0. The highest BCUT2D eigenvalue weighted by atomic mass is 16.3. The zero-order chi connectivity index (χ0) is 12.7. The molecule has 4 N–H and O–H groups in total. The molecule has 0 radical (unpaired) electrons. The van der Waals surface area contributed by atoms with Crippen LogP contribution in [0.1, 0.15) is 37.9 Å². The Bertz CT molecular complexity index is 349. The van der Waals surface area contributed by atoms with E-state index in [-0.39, 0.29) is 5.91 Å². The first-order valence-electron chi connectivity index (χ1n) is 5.95. The first kappa shape index (κ1) is 13.7. The molecule has 0 aliphatic rings. The zero-order valence-corrected chi connectivity index (χ0v) is 10.1.